The minimum Gasteiger partial charge on any atom is -0.356 e. The van der Waals surface area contributed by atoms with Crippen LogP contribution in [0.15, 0.2) is 18.6 Å². The summed E-state index contributed by atoms with van der Waals surface area (Å²) in [6.45, 7) is 1.96. The SMILES string of the molecule is S=c1[nH]nc(C2CCN(c3ncnc4[nH]ccc34)CC2)n1C1CC1. The smallest absolute Gasteiger partial charge is 0.195 e. The predicted octanol–water partition coefficient (Wildman–Crippen LogP) is 2.93. The van der Waals surface area contributed by atoms with E-state index in [1.54, 1.807) is 6.33 Å². The molecule has 0 atom stereocenters. The number of nitrogens with zero attached hydrogens (tertiary/aromatic N) is 5. The van der Waals surface area contributed by atoms with E-state index in [0.29, 0.717) is 12.0 Å². The monoisotopic (exact) mass is 341 g/mol. The van der Waals surface area contributed by atoms with Crippen LogP contribution in [0.5, 0.6) is 0 Å². The first-order valence-corrected chi connectivity index (χ1v) is 8.92. The van der Waals surface area contributed by atoms with Gasteiger partial charge in [-0.3, -0.25) is 5.10 Å². The van der Waals surface area contributed by atoms with Crippen molar-refractivity contribution in [2.45, 2.75) is 37.6 Å². The summed E-state index contributed by atoms with van der Waals surface area (Å²) in [5.41, 5.74) is 0.900. The molecule has 0 radical (unpaired) electrons. The third-order valence-electron chi connectivity index (χ3n) is 5.14. The summed E-state index contributed by atoms with van der Waals surface area (Å²) < 4.78 is 3.03. The Balaban J connectivity index is 1.38. The Kier molecular flexibility index (Phi) is 3.19. The van der Waals surface area contributed by atoms with Gasteiger partial charge < -0.3 is 14.5 Å². The molecule has 1 aliphatic carbocycles. The number of anilines is 1. The standard InChI is InChI=1S/C16H19N7S/c24-16-21-20-14(23(16)11-1-2-11)10-4-7-22(8-5-10)15-12-3-6-17-13(12)18-9-19-15/h3,6,9-11H,1-2,4-5,7-8H2,(H,21,24)(H,17,18,19). The number of hydrogen-bond acceptors (Lipinski definition) is 5. The molecular weight excluding hydrogens is 322 g/mol. The van der Waals surface area contributed by atoms with Gasteiger partial charge in [-0.2, -0.15) is 5.10 Å². The number of fused-ring (bicyclic) bond motifs is 1. The Morgan fingerprint density at radius 2 is 1.96 bits per heavy atom. The molecule has 124 valence electrons. The molecule has 4 heterocycles. The van der Waals surface area contributed by atoms with Crippen LogP contribution >= 0.6 is 12.2 Å². The molecule has 7 nitrogen and oxygen atoms in total. The molecule has 0 unspecified atom stereocenters. The fourth-order valence-electron chi connectivity index (χ4n) is 3.75. The second kappa shape index (κ2) is 5.41. The van der Waals surface area contributed by atoms with Gasteiger partial charge in [0.15, 0.2) is 4.77 Å². The minimum atomic E-state index is 0.471. The molecule has 0 bridgehead atoms. The normalized spacial score (nSPS) is 19.2. The quantitative estimate of drug-likeness (QED) is 0.716. The van der Waals surface area contributed by atoms with Gasteiger partial charge in [0.25, 0.3) is 0 Å². The van der Waals surface area contributed by atoms with Gasteiger partial charge in [0.2, 0.25) is 0 Å². The van der Waals surface area contributed by atoms with Gasteiger partial charge in [0.05, 0.1) is 5.39 Å². The lowest BCUT2D eigenvalue weighted by molar-refractivity contribution is 0.463. The van der Waals surface area contributed by atoms with Crippen LogP contribution in [0.3, 0.4) is 0 Å². The van der Waals surface area contributed by atoms with Gasteiger partial charge in [-0.15, -0.1) is 0 Å². The van der Waals surface area contributed by atoms with Crippen molar-refractivity contribution in [1.82, 2.24) is 29.7 Å². The molecular formula is C16H19N7S. The number of aromatic amines is 2. The molecule has 1 saturated heterocycles. The van der Waals surface area contributed by atoms with Crippen molar-refractivity contribution < 1.29 is 0 Å². The highest BCUT2D eigenvalue weighted by Crippen LogP contribution is 2.39. The van der Waals surface area contributed by atoms with Crippen LogP contribution in [0.2, 0.25) is 0 Å². The largest absolute Gasteiger partial charge is 0.356 e. The summed E-state index contributed by atoms with van der Waals surface area (Å²) in [5, 5.41) is 8.63. The molecule has 0 spiro atoms. The number of piperidine rings is 1. The molecule has 24 heavy (non-hydrogen) atoms. The zero-order valence-electron chi connectivity index (χ0n) is 13.3. The van der Waals surface area contributed by atoms with Crippen molar-refractivity contribution in [2.75, 3.05) is 18.0 Å². The van der Waals surface area contributed by atoms with Crippen molar-refractivity contribution in [2.24, 2.45) is 0 Å². The third-order valence-corrected chi connectivity index (χ3v) is 5.42. The summed E-state index contributed by atoms with van der Waals surface area (Å²) in [4.78, 5) is 14.3. The van der Waals surface area contributed by atoms with Gasteiger partial charge in [-0.05, 0) is 44.0 Å². The molecule has 3 aromatic heterocycles. The predicted molar refractivity (Wildman–Crippen MR) is 93.8 cm³/mol. The van der Waals surface area contributed by atoms with Crippen LogP contribution in [0, 0.1) is 4.77 Å². The molecule has 0 amide bonds. The molecule has 2 N–H and O–H groups in total. The molecule has 1 aliphatic heterocycles. The minimum absolute atomic E-state index is 0.471. The first kappa shape index (κ1) is 14.2. The zero-order valence-corrected chi connectivity index (χ0v) is 14.1. The number of H-pyrrole nitrogens is 2. The van der Waals surface area contributed by atoms with Crippen LogP contribution in [-0.2, 0) is 0 Å². The van der Waals surface area contributed by atoms with Crippen molar-refractivity contribution >= 4 is 29.1 Å². The summed E-state index contributed by atoms with van der Waals surface area (Å²) in [5.74, 6) is 2.65. The van der Waals surface area contributed by atoms with E-state index in [1.807, 2.05) is 6.20 Å². The number of rotatable bonds is 3. The Morgan fingerprint density at radius 1 is 1.12 bits per heavy atom. The lowest BCUT2D eigenvalue weighted by Crippen LogP contribution is -2.34. The maximum atomic E-state index is 5.42. The van der Waals surface area contributed by atoms with Gasteiger partial charge in [-0.1, -0.05) is 0 Å². The molecule has 8 heteroatoms. The Labute approximate surface area is 144 Å². The average Bonchev–Trinajstić information content (AvgIpc) is 3.19. The maximum absolute atomic E-state index is 5.42. The lowest BCUT2D eigenvalue weighted by Gasteiger charge is -2.32. The highest BCUT2D eigenvalue weighted by Gasteiger charge is 2.32. The number of nitrogens with one attached hydrogen (secondary N) is 2. The van der Waals surface area contributed by atoms with E-state index in [4.69, 9.17) is 12.2 Å². The van der Waals surface area contributed by atoms with Crippen molar-refractivity contribution in [3.8, 4) is 0 Å². The van der Waals surface area contributed by atoms with E-state index < -0.39 is 0 Å². The molecule has 5 rings (SSSR count). The second-order valence-corrected chi connectivity index (χ2v) is 7.07. The summed E-state index contributed by atoms with van der Waals surface area (Å²) in [6.07, 6.45) is 8.16. The third kappa shape index (κ3) is 2.24. The van der Waals surface area contributed by atoms with E-state index in [2.05, 4.69) is 40.7 Å². The molecule has 1 saturated carbocycles. The summed E-state index contributed by atoms with van der Waals surface area (Å²) in [7, 11) is 0. The Bertz CT molecular complexity index is 927. The fraction of sp³-hybridized carbons (Fsp3) is 0.500. The molecule has 0 aromatic carbocycles. The van der Waals surface area contributed by atoms with E-state index in [1.165, 1.54) is 12.8 Å². The Morgan fingerprint density at radius 3 is 2.75 bits per heavy atom. The lowest BCUT2D eigenvalue weighted by atomic mass is 9.95. The van der Waals surface area contributed by atoms with Crippen LogP contribution in [0.25, 0.3) is 11.0 Å². The van der Waals surface area contributed by atoms with E-state index in [-0.39, 0.29) is 0 Å². The molecule has 2 fully saturated rings. The highest BCUT2D eigenvalue weighted by molar-refractivity contribution is 7.71. The molecule has 3 aromatic rings. The summed E-state index contributed by atoms with van der Waals surface area (Å²) >= 11 is 5.42. The van der Waals surface area contributed by atoms with E-state index >= 15 is 0 Å². The van der Waals surface area contributed by atoms with Gasteiger partial charge >= 0.3 is 0 Å². The number of hydrogen-bond donors (Lipinski definition) is 2. The van der Waals surface area contributed by atoms with Gasteiger partial charge in [0, 0.05) is 31.2 Å². The maximum Gasteiger partial charge on any atom is 0.195 e. The van der Waals surface area contributed by atoms with Gasteiger partial charge in [0.1, 0.15) is 23.6 Å². The molecule has 2 aliphatic rings. The first-order valence-electron chi connectivity index (χ1n) is 8.51. The highest BCUT2D eigenvalue weighted by atomic mass is 32.1. The number of aromatic nitrogens is 6. The van der Waals surface area contributed by atoms with Crippen molar-refractivity contribution in [1.29, 1.82) is 0 Å². The topological polar surface area (TPSA) is 78.4 Å². The Hall–Kier alpha value is -2.22. The van der Waals surface area contributed by atoms with Crippen LogP contribution in [0.4, 0.5) is 5.82 Å². The van der Waals surface area contributed by atoms with E-state index in [9.17, 15) is 0 Å². The zero-order chi connectivity index (χ0) is 16.1. The van der Waals surface area contributed by atoms with Gasteiger partial charge in [-0.25, -0.2) is 9.97 Å². The van der Waals surface area contributed by atoms with E-state index in [0.717, 1.165) is 53.4 Å². The fourth-order valence-corrected chi connectivity index (χ4v) is 4.04. The van der Waals surface area contributed by atoms with Crippen LogP contribution in [-0.4, -0.2) is 42.8 Å². The first-order chi connectivity index (χ1) is 11.8. The average molecular weight is 341 g/mol. The van der Waals surface area contributed by atoms with Crippen LogP contribution in [0.1, 0.15) is 43.5 Å². The van der Waals surface area contributed by atoms with Crippen LogP contribution < -0.4 is 4.90 Å². The summed E-state index contributed by atoms with van der Waals surface area (Å²) in [6, 6.07) is 2.63. The second-order valence-electron chi connectivity index (χ2n) is 6.69. The van der Waals surface area contributed by atoms with Crippen molar-refractivity contribution in [3.63, 3.8) is 0 Å². The van der Waals surface area contributed by atoms with Crippen molar-refractivity contribution in [3.05, 3.63) is 29.2 Å².